The van der Waals surface area contributed by atoms with Gasteiger partial charge in [0.15, 0.2) is 0 Å². The van der Waals surface area contributed by atoms with Gasteiger partial charge >= 0.3 is 0 Å². The van der Waals surface area contributed by atoms with Gasteiger partial charge in [-0.15, -0.1) is 0 Å². The van der Waals surface area contributed by atoms with Crippen molar-refractivity contribution in [2.24, 2.45) is 5.73 Å². The molecule has 2 aromatic rings. The van der Waals surface area contributed by atoms with Crippen molar-refractivity contribution in [3.05, 3.63) is 68.8 Å². The van der Waals surface area contributed by atoms with E-state index in [1.165, 1.54) is 44.5 Å². The SMILES string of the molecule is Cc1ccc(C(N)c2c(C)c(C)cc(C)c2C)c(C)c1. The van der Waals surface area contributed by atoms with E-state index in [9.17, 15) is 0 Å². The molecule has 0 bridgehead atoms. The van der Waals surface area contributed by atoms with E-state index in [2.05, 4.69) is 65.8 Å². The van der Waals surface area contributed by atoms with Gasteiger partial charge in [0.1, 0.15) is 0 Å². The first kappa shape index (κ1) is 14.8. The number of aryl methyl sites for hydroxylation is 4. The van der Waals surface area contributed by atoms with Crippen molar-refractivity contribution < 1.29 is 0 Å². The molecule has 2 N–H and O–H groups in total. The zero-order valence-corrected chi connectivity index (χ0v) is 13.5. The van der Waals surface area contributed by atoms with Gasteiger partial charge in [-0.25, -0.2) is 0 Å². The van der Waals surface area contributed by atoms with Gasteiger partial charge in [-0.1, -0.05) is 29.8 Å². The fraction of sp³-hybridized carbons (Fsp3) is 0.368. The van der Waals surface area contributed by atoms with E-state index in [1.807, 2.05) is 0 Å². The average Bonchev–Trinajstić information content (AvgIpc) is 2.36. The first-order valence-electron chi connectivity index (χ1n) is 7.23. The third-order valence-electron chi connectivity index (χ3n) is 4.50. The monoisotopic (exact) mass is 267 g/mol. The minimum Gasteiger partial charge on any atom is -0.320 e. The fourth-order valence-electron chi connectivity index (χ4n) is 3.04. The highest BCUT2D eigenvalue weighted by molar-refractivity contribution is 5.50. The summed E-state index contributed by atoms with van der Waals surface area (Å²) in [5, 5.41) is 0. The Hall–Kier alpha value is -1.60. The van der Waals surface area contributed by atoms with Crippen LogP contribution >= 0.6 is 0 Å². The predicted octanol–water partition coefficient (Wildman–Crippen LogP) is 4.59. The van der Waals surface area contributed by atoms with Gasteiger partial charge in [-0.05, 0) is 80.5 Å². The highest BCUT2D eigenvalue weighted by Crippen LogP contribution is 2.31. The van der Waals surface area contributed by atoms with E-state index in [0.29, 0.717) is 0 Å². The van der Waals surface area contributed by atoms with Gasteiger partial charge in [0, 0.05) is 0 Å². The molecule has 1 unspecified atom stereocenters. The van der Waals surface area contributed by atoms with Crippen LogP contribution in [-0.2, 0) is 0 Å². The standard InChI is InChI=1S/C19H25N/c1-11-7-8-17(14(4)9-11)19(20)18-15(5)12(2)10-13(3)16(18)6/h7-10,19H,20H2,1-6H3. The van der Waals surface area contributed by atoms with Crippen molar-refractivity contribution in [2.45, 2.75) is 47.6 Å². The lowest BCUT2D eigenvalue weighted by Crippen LogP contribution is -2.17. The van der Waals surface area contributed by atoms with E-state index in [4.69, 9.17) is 5.73 Å². The van der Waals surface area contributed by atoms with Crippen LogP contribution in [0.25, 0.3) is 0 Å². The molecule has 1 nitrogen and oxygen atoms in total. The van der Waals surface area contributed by atoms with E-state index >= 15 is 0 Å². The number of benzene rings is 2. The van der Waals surface area contributed by atoms with Gasteiger partial charge in [0.2, 0.25) is 0 Å². The normalized spacial score (nSPS) is 12.6. The summed E-state index contributed by atoms with van der Waals surface area (Å²) < 4.78 is 0. The molecule has 0 heterocycles. The Balaban J connectivity index is 2.62. The Kier molecular flexibility index (Phi) is 4.01. The van der Waals surface area contributed by atoms with Crippen molar-refractivity contribution in [2.75, 3.05) is 0 Å². The molecule has 0 aliphatic rings. The molecule has 0 spiro atoms. The van der Waals surface area contributed by atoms with Crippen LogP contribution in [0.4, 0.5) is 0 Å². The maximum absolute atomic E-state index is 6.61. The first-order valence-corrected chi connectivity index (χ1v) is 7.23. The summed E-state index contributed by atoms with van der Waals surface area (Å²) in [7, 11) is 0. The van der Waals surface area contributed by atoms with Gasteiger partial charge in [0.05, 0.1) is 6.04 Å². The zero-order chi connectivity index (χ0) is 15.0. The van der Waals surface area contributed by atoms with E-state index < -0.39 is 0 Å². The van der Waals surface area contributed by atoms with Crippen molar-refractivity contribution in [1.82, 2.24) is 0 Å². The van der Waals surface area contributed by atoms with Gasteiger partial charge in [-0.3, -0.25) is 0 Å². The van der Waals surface area contributed by atoms with Crippen LogP contribution in [0.3, 0.4) is 0 Å². The second-order valence-corrected chi connectivity index (χ2v) is 6.01. The molecule has 2 rings (SSSR count). The zero-order valence-electron chi connectivity index (χ0n) is 13.5. The van der Waals surface area contributed by atoms with Gasteiger partial charge < -0.3 is 5.73 Å². The number of rotatable bonds is 2. The Morgan fingerprint density at radius 1 is 0.750 bits per heavy atom. The maximum atomic E-state index is 6.61. The topological polar surface area (TPSA) is 26.0 Å². The molecule has 0 amide bonds. The molecule has 0 saturated heterocycles. The van der Waals surface area contributed by atoms with E-state index in [-0.39, 0.29) is 6.04 Å². The highest BCUT2D eigenvalue weighted by Gasteiger charge is 2.18. The Morgan fingerprint density at radius 2 is 1.30 bits per heavy atom. The molecule has 0 fully saturated rings. The molecule has 0 aromatic heterocycles. The summed E-state index contributed by atoms with van der Waals surface area (Å²) in [6, 6.07) is 8.74. The number of hydrogen-bond acceptors (Lipinski definition) is 1. The summed E-state index contributed by atoms with van der Waals surface area (Å²) >= 11 is 0. The second-order valence-electron chi connectivity index (χ2n) is 6.01. The molecular weight excluding hydrogens is 242 g/mol. The molecule has 2 aromatic carbocycles. The summed E-state index contributed by atoms with van der Waals surface area (Å²) in [5.74, 6) is 0. The molecule has 1 atom stereocenters. The number of hydrogen-bond donors (Lipinski definition) is 1. The molecule has 106 valence electrons. The van der Waals surface area contributed by atoms with Gasteiger partial charge in [-0.2, -0.15) is 0 Å². The fourth-order valence-corrected chi connectivity index (χ4v) is 3.04. The van der Waals surface area contributed by atoms with Crippen molar-refractivity contribution in [1.29, 1.82) is 0 Å². The summed E-state index contributed by atoms with van der Waals surface area (Å²) in [6.07, 6.45) is 0. The van der Waals surface area contributed by atoms with E-state index in [1.54, 1.807) is 0 Å². The molecule has 0 radical (unpaired) electrons. The molecular formula is C19H25N. The lowest BCUT2D eigenvalue weighted by atomic mass is 9.85. The predicted molar refractivity (Wildman–Crippen MR) is 87.3 cm³/mol. The lowest BCUT2D eigenvalue weighted by molar-refractivity contribution is 0.836. The summed E-state index contributed by atoms with van der Waals surface area (Å²) in [5.41, 5.74) is 17.0. The van der Waals surface area contributed by atoms with Crippen LogP contribution in [0.15, 0.2) is 24.3 Å². The maximum Gasteiger partial charge on any atom is 0.0559 e. The minimum atomic E-state index is -0.0470. The quantitative estimate of drug-likeness (QED) is 0.846. The van der Waals surface area contributed by atoms with Crippen molar-refractivity contribution >= 4 is 0 Å². The Morgan fingerprint density at radius 3 is 1.80 bits per heavy atom. The molecule has 0 aliphatic carbocycles. The summed E-state index contributed by atoms with van der Waals surface area (Å²) in [4.78, 5) is 0. The van der Waals surface area contributed by atoms with Crippen LogP contribution in [0, 0.1) is 41.5 Å². The third kappa shape index (κ3) is 2.51. The van der Waals surface area contributed by atoms with Crippen molar-refractivity contribution in [3.8, 4) is 0 Å². The summed E-state index contributed by atoms with van der Waals surface area (Å²) in [6.45, 7) is 13.0. The van der Waals surface area contributed by atoms with Crippen molar-refractivity contribution in [3.63, 3.8) is 0 Å². The van der Waals surface area contributed by atoms with Gasteiger partial charge in [0.25, 0.3) is 0 Å². The minimum absolute atomic E-state index is 0.0470. The number of nitrogens with two attached hydrogens (primary N) is 1. The first-order chi connectivity index (χ1) is 9.32. The van der Waals surface area contributed by atoms with Crippen LogP contribution in [-0.4, -0.2) is 0 Å². The Labute approximate surface area is 122 Å². The highest BCUT2D eigenvalue weighted by atomic mass is 14.6. The van der Waals surface area contributed by atoms with Crippen LogP contribution in [0.2, 0.25) is 0 Å². The van der Waals surface area contributed by atoms with Crippen LogP contribution < -0.4 is 5.73 Å². The second kappa shape index (κ2) is 5.41. The van der Waals surface area contributed by atoms with Crippen LogP contribution in [0.1, 0.15) is 50.5 Å². The lowest BCUT2D eigenvalue weighted by Gasteiger charge is -2.23. The molecule has 0 aliphatic heterocycles. The largest absolute Gasteiger partial charge is 0.320 e. The molecule has 1 heteroatoms. The van der Waals surface area contributed by atoms with Crippen LogP contribution in [0.5, 0.6) is 0 Å². The molecule has 20 heavy (non-hydrogen) atoms. The molecule has 0 saturated carbocycles. The average molecular weight is 267 g/mol. The smallest absolute Gasteiger partial charge is 0.0559 e. The van der Waals surface area contributed by atoms with E-state index in [0.717, 1.165) is 0 Å². The third-order valence-corrected chi connectivity index (χ3v) is 4.50. The Bertz CT molecular complexity index is 627.